The van der Waals surface area contributed by atoms with E-state index < -0.39 is 0 Å². The van der Waals surface area contributed by atoms with E-state index in [0.29, 0.717) is 0 Å². The Bertz CT molecular complexity index is 955. The van der Waals surface area contributed by atoms with Crippen LogP contribution >= 0.6 is 0 Å². The molecule has 0 saturated heterocycles. The summed E-state index contributed by atoms with van der Waals surface area (Å²) in [5.41, 5.74) is 3.41. The summed E-state index contributed by atoms with van der Waals surface area (Å²) in [6, 6.07) is 27.0. The van der Waals surface area contributed by atoms with Gasteiger partial charge in [-0.1, -0.05) is 72.8 Å². The number of para-hydroxylation sites is 2. The zero-order chi connectivity index (χ0) is 15.5. The fraction of sp³-hybridized carbons (Fsp3) is 0. The molecule has 0 amide bonds. The molecule has 0 aliphatic heterocycles. The fourth-order valence-corrected chi connectivity index (χ4v) is 2.85. The number of aromatic nitrogens is 1. The zero-order valence-electron chi connectivity index (χ0n) is 12.6. The summed E-state index contributed by atoms with van der Waals surface area (Å²) >= 11 is 0. The average molecular weight is 296 g/mol. The van der Waals surface area contributed by atoms with Crippen molar-refractivity contribution in [3.8, 4) is 0 Å². The van der Waals surface area contributed by atoms with Crippen LogP contribution in [-0.4, -0.2) is 10.9 Å². The summed E-state index contributed by atoms with van der Waals surface area (Å²) < 4.78 is 2.00. The zero-order valence-corrected chi connectivity index (χ0v) is 12.6. The Morgan fingerprint density at radius 3 is 1.87 bits per heavy atom. The lowest BCUT2D eigenvalue weighted by Gasteiger charge is -1.98. The molecule has 23 heavy (non-hydrogen) atoms. The predicted molar refractivity (Wildman–Crippen MR) is 98.8 cm³/mol. The molecule has 0 saturated carbocycles. The highest BCUT2D eigenvalue weighted by atomic mass is 15.3. The lowest BCUT2D eigenvalue weighted by molar-refractivity contribution is 0.976. The Labute approximate surface area is 135 Å². The van der Waals surface area contributed by atoms with Gasteiger partial charge in [-0.2, -0.15) is 5.10 Å². The Morgan fingerprint density at radius 2 is 1.22 bits per heavy atom. The maximum Gasteiger partial charge on any atom is 0.0732 e. The largest absolute Gasteiger partial charge is 0.233 e. The standard InChI is InChI=1S/C21H16N2/c1-2-9-17(10-3-1)11-8-16-22-23-20-14-6-4-12-18(20)19-13-5-7-15-21(19)23/h1-16H/b11-8-,22-16-. The Morgan fingerprint density at radius 1 is 0.652 bits per heavy atom. The summed E-state index contributed by atoms with van der Waals surface area (Å²) in [5, 5.41) is 7.10. The molecule has 110 valence electrons. The topological polar surface area (TPSA) is 17.3 Å². The molecule has 4 rings (SSSR count). The molecular formula is C21H16N2. The highest BCUT2D eigenvalue weighted by molar-refractivity contribution is 6.08. The summed E-state index contributed by atoms with van der Waals surface area (Å²) in [5.74, 6) is 0. The van der Waals surface area contributed by atoms with Gasteiger partial charge in [-0.3, -0.25) is 0 Å². The molecule has 2 nitrogen and oxygen atoms in total. The van der Waals surface area contributed by atoms with Gasteiger partial charge in [0.25, 0.3) is 0 Å². The molecule has 1 aromatic heterocycles. The van der Waals surface area contributed by atoms with Gasteiger partial charge >= 0.3 is 0 Å². The lowest BCUT2D eigenvalue weighted by Crippen LogP contribution is -1.87. The molecule has 0 spiro atoms. The summed E-state index contributed by atoms with van der Waals surface area (Å²) in [6.45, 7) is 0. The molecule has 0 atom stereocenters. The lowest BCUT2D eigenvalue weighted by atomic mass is 10.2. The van der Waals surface area contributed by atoms with Crippen molar-refractivity contribution in [2.75, 3.05) is 0 Å². The van der Waals surface area contributed by atoms with Crippen LogP contribution in [0.1, 0.15) is 5.56 Å². The molecule has 4 aromatic rings. The van der Waals surface area contributed by atoms with Gasteiger partial charge in [0.05, 0.1) is 11.0 Å². The maximum absolute atomic E-state index is 4.64. The number of rotatable bonds is 3. The molecule has 0 fully saturated rings. The second kappa shape index (κ2) is 5.93. The summed E-state index contributed by atoms with van der Waals surface area (Å²) in [4.78, 5) is 0. The molecule has 0 bridgehead atoms. The second-order valence-electron chi connectivity index (χ2n) is 5.38. The molecular weight excluding hydrogens is 280 g/mol. The van der Waals surface area contributed by atoms with Crippen LogP contribution in [-0.2, 0) is 0 Å². The van der Waals surface area contributed by atoms with Crippen LogP contribution in [0.15, 0.2) is 90.0 Å². The van der Waals surface area contributed by atoms with Crippen molar-refractivity contribution in [1.29, 1.82) is 0 Å². The molecule has 2 heteroatoms. The van der Waals surface area contributed by atoms with E-state index >= 15 is 0 Å². The maximum atomic E-state index is 4.64. The number of allylic oxidation sites excluding steroid dienone is 1. The first-order chi connectivity index (χ1) is 11.4. The number of nitrogens with zero attached hydrogens (tertiary/aromatic N) is 2. The average Bonchev–Trinajstić information content (AvgIpc) is 2.94. The number of hydrogen-bond acceptors (Lipinski definition) is 1. The minimum Gasteiger partial charge on any atom is -0.233 e. The molecule has 0 radical (unpaired) electrons. The van der Waals surface area contributed by atoms with Crippen molar-refractivity contribution in [1.82, 2.24) is 4.68 Å². The van der Waals surface area contributed by atoms with E-state index in [9.17, 15) is 0 Å². The number of fused-ring (bicyclic) bond motifs is 3. The highest BCUT2D eigenvalue weighted by Gasteiger charge is 2.07. The van der Waals surface area contributed by atoms with Crippen LogP contribution in [0.3, 0.4) is 0 Å². The molecule has 0 N–H and O–H groups in total. The number of hydrogen-bond donors (Lipinski definition) is 0. The quantitative estimate of drug-likeness (QED) is 0.454. The van der Waals surface area contributed by atoms with E-state index in [4.69, 9.17) is 0 Å². The molecule has 0 aliphatic rings. The van der Waals surface area contributed by atoms with Gasteiger partial charge in [0.1, 0.15) is 0 Å². The van der Waals surface area contributed by atoms with E-state index in [-0.39, 0.29) is 0 Å². The third-order valence-electron chi connectivity index (χ3n) is 3.91. The van der Waals surface area contributed by atoms with E-state index in [1.54, 1.807) is 0 Å². The second-order valence-corrected chi connectivity index (χ2v) is 5.38. The van der Waals surface area contributed by atoms with Crippen molar-refractivity contribution in [3.63, 3.8) is 0 Å². The van der Waals surface area contributed by atoms with Gasteiger partial charge in [0.2, 0.25) is 0 Å². The van der Waals surface area contributed by atoms with E-state index in [2.05, 4.69) is 59.7 Å². The van der Waals surface area contributed by atoms with Gasteiger partial charge in [-0.05, 0) is 23.8 Å². The Kier molecular flexibility index (Phi) is 3.49. The van der Waals surface area contributed by atoms with Gasteiger partial charge in [-0.15, -0.1) is 0 Å². The molecule has 3 aromatic carbocycles. The van der Waals surface area contributed by atoms with Crippen molar-refractivity contribution in [3.05, 3.63) is 90.5 Å². The highest BCUT2D eigenvalue weighted by Crippen LogP contribution is 2.28. The van der Waals surface area contributed by atoms with Gasteiger partial charge in [-0.25, -0.2) is 4.68 Å². The SMILES string of the molecule is C(=C/c1ccccc1)/C=N\n1c2ccccc2c2ccccc21. The van der Waals surface area contributed by atoms with Crippen LogP contribution in [0.2, 0.25) is 0 Å². The first kappa shape index (κ1) is 13.5. The predicted octanol–water partition coefficient (Wildman–Crippen LogP) is 5.34. The Balaban J connectivity index is 1.76. The van der Waals surface area contributed by atoms with Crippen molar-refractivity contribution >= 4 is 34.1 Å². The Hall–Kier alpha value is -3.13. The van der Waals surface area contributed by atoms with Crippen LogP contribution < -0.4 is 0 Å². The van der Waals surface area contributed by atoms with Crippen LogP contribution in [0.5, 0.6) is 0 Å². The fourth-order valence-electron chi connectivity index (χ4n) is 2.85. The minimum absolute atomic E-state index is 1.12. The summed E-state index contributed by atoms with van der Waals surface area (Å²) in [7, 11) is 0. The third-order valence-corrected chi connectivity index (χ3v) is 3.91. The summed E-state index contributed by atoms with van der Waals surface area (Å²) in [6.07, 6.45) is 5.86. The molecule has 0 unspecified atom stereocenters. The van der Waals surface area contributed by atoms with Crippen molar-refractivity contribution < 1.29 is 0 Å². The van der Waals surface area contributed by atoms with Crippen molar-refractivity contribution in [2.45, 2.75) is 0 Å². The van der Waals surface area contributed by atoms with Crippen LogP contribution in [0, 0.1) is 0 Å². The smallest absolute Gasteiger partial charge is 0.0732 e. The van der Waals surface area contributed by atoms with E-state index in [1.807, 2.05) is 47.3 Å². The third kappa shape index (κ3) is 2.55. The van der Waals surface area contributed by atoms with Gasteiger partial charge in [0, 0.05) is 17.0 Å². The molecule has 1 heterocycles. The first-order valence-corrected chi connectivity index (χ1v) is 7.68. The normalized spacial score (nSPS) is 12.0. The van der Waals surface area contributed by atoms with E-state index in [1.165, 1.54) is 16.3 Å². The van der Waals surface area contributed by atoms with Gasteiger partial charge in [0.15, 0.2) is 0 Å². The minimum atomic E-state index is 1.12. The van der Waals surface area contributed by atoms with Crippen molar-refractivity contribution in [2.24, 2.45) is 5.10 Å². The van der Waals surface area contributed by atoms with Crippen LogP contribution in [0.4, 0.5) is 0 Å². The molecule has 0 aliphatic carbocycles. The monoisotopic (exact) mass is 296 g/mol. The van der Waals surface area contributed by atoms with Crippen LogP contribution in [0.25, 0.3) is 27.9 Å². The first-order valence-electron chi connectivity index (χ1n) is 7.68. The van der Waals surface area contributed by atoms with E-state index in [0.717, 1.165) is 11.0 Å². The van der Waals surface area contributed by atoms with Gasteiger partial charge < -0.3 is 0 Å². The number of benzene rings is 3.